The van der Waals surface area contributed by atoms with Gasteiger partial charge in [0.25, 0.3) is 0 Å². The number of ether oxygens (including phenoxy) is 2. The Hall–Kier alpha value is -1.07. The lowest BCUT2D eigenvalue weighted by atomic mass is 10.4. The molecular formula is C10H16ClN3O2. The third kappa shape index (κ3) is 3.83. The lowest BCUT2D eigenvalue weighted by molar-refractivity contribution is 0.0854. The van der Waals surface area contributed by atoms with Crippen LogP contribution >= 0.6 is 11.6 Å². The highest BCUT2D eigenvalue weighted by molar-refractivity contribution is 6.32. The molecule has 16 heavy (non-hydrogen) atoms. The van der Waals surface area contributed by atoms with Crippen molar-refractivity contribution in [1.82, 2.24) is 9.97 Å². The smallest absolute Gasteiger partial charge is 0.318 e. The number of halogens is 1. The van der Waals surface area contributed by atoms with Crippen molar-refractivity contribution in [2.45, 2.75) is 20.0 Å². The summed E-state index contributed by atoms with van der Waals surface area (Å²) in [6.45, 7) is 5.25. The predicted molar refractivity (Wildman–Crippen MR) is 63.2 cm³/mol. The number of nitrogens with one attached hydrogen (secondary N) is 1. The van der Waals surface area contributed by atoms with Gasteiger partial charge in [0.15, 0.2) is 5.82 Å². The summed E-state index contributed by atoms with van der Waals surface area (Å²) in [5, 5.41) is 3.55. The summed E-state index contributed by atoms with van der Waals surface area (Å²) in [5.74, 6) is 0.556. The van der Waals surface area contributed by atoms with E-state index < -0.39 is 0 Å². The van der Waals surface area contributed by atoms with Crippen LogP contribution in [0, 0.1) is 0 Å². The van der Waals surface area contributed by atoms with Crippen molar-refractivity contribution in [1.29, 1.82) is 0 Å². The van der Waals surface area contributed by atoms with Crippen molar-refractivity contribution in [3.05, 3.63) is 11.2 Å². The van der Waals surface area contributed by atoms with Gasteiger partial charge >= 0.3 is 6.01 Å². The molecule has 5 nitrogen and oxygen atoms in total. The molecule has 1 unspecified atom stereocenters. The molecule has 0 bridgehead atoms. The molecule has 1 aromatic rings. The highest BCUT2D eigenvalue weighted by Gasteiger charge is 2.07. The lowest BCUT2D eigenvalue weighted by Crippen LogP contribution is -2.20. The summed E-state index contributed by atoms with van der Waals surface area (Å²) in [5.41, 5.74) is 0. The molecule has 0 fully saturated rings. The first-order valence-corrected chi connectivity index (χ1v) is 5.47. The summed E-state index contributed by atoms with van der Waals surface area (Å²) >= 11 is 5.93. The van der Waals surface area contributed by atoms with E-state index in [9.17, 15) is 0 Å². The largest absolute Gasteiger partial charge is 0.467 e. The zero-order valence-electron chi connectivity index (χ0n) is 9.66. The second-order valence-corrected chi connectivity index (χ2v) is 3.61. The van der Waals surface area contributed by atoms with Crippen molar-refractivity contribution in [3.8, 4) is 6.01 Å². The van der Waals surface area contributed by atoms with Crippen molar-refractivity contribution in [2.24, 2.45) is 0 Å². The van der Waals surface area contributed by atoms with E-state index in [0.29, 0.717) is 24.0 Å². The molecule has 0 spiro atoms. The molecule has 0 aliphatic heterocycles. The molecule has 1 heterocycles. The monoisotopic (exact) mass is 245 g/mol. The van der Waals surface area contributed by atoms with Gasteiger partial charge in [0, 0.05) is 13.2 Å². The molecular weight excluding hydrogens is 230 g/mol. The maximum Gasteiger partial charge on any atom is 0.318 e. The zero-order chi connectivity index (χ0) is 12.0. The second-order valence-electron chi connectivity index (χ2n) is 3.20. The van der Waals surface area contributed by atoms with Crippen molar-refractivity contribution >= 4 is 17.4 Å². The van der Waals surface area contributed by atoms with Crippen LogP contribution in [0.15, 0.2) is 6.20 Å². The van der Waals surface area contributed by atoms with Gasteiger partial charge in [-0.1, -0.05) is 11.6 Å². The Bertz CT molecular complexity index is 336. The minimum Gasteiger partial charge on any atom is -0.467 e. The molecule has 1 aromatic heterocycles. The van der Waals surface area contributed by atoms with Crippen LogP contribution in [0.5, 0.6) is 6.01 Å². The van der Waals surface area contributed by atoms with Gasteiger partial charge in [-0.15, -0.1) is 0 Å². The molecule has 6 heteroatoms. The van der Waals surface area contributed by atoms with Crippen molar-refractivity contribution < 1.29 is 9.47 Å². The van der Waals surface area contributed by atoms with Crippen LogP contribution in [0.4, 0.5) is 5.82 Å². The van der Waals surface area contributed by atoms with E-state index in [1.807, 2.05) is 13.8 Å². The van der Waals surface area contributed by atoms with Crippen LogP contribution < -0.4 is 10.1 Å². The highest BCUT2D eigenvalue weighted by Crippen LogP contribution is 2.19. The first-order chi connectivity index (χ1) is 7.67. The van der Waals surface area contributed by atoms with Gasteiger partial charge in [-0.25, -0.2) is 4.98 Å². The maximum absolute atomic E-state index is 5.93. The van der Waals surface area contributed by atoms with Gasteiger partial charge in [0.05, 0.1) is 19.4 Å². The van der Waals surface area contributed by atoms with Gasteiger partial charge in [-0.3, -0.25) is 0 Å². The first-order valence-electron chi connectivity index (χ1n) is 5.09. The quantitative estimate of drug-likeness (QED) is 0.831. The van der Waals surface area contributed by atoms with Crippen LogP contribution in [-0.2, 0) is 4.74 Å². The van der Waals surface area contributed by atoms with Gasteiger partial charge in [-0.05, 0) is 13.8 Å². The predicted octanol–water partition coefficient (Wildman–Crippen LogP) is 1.98. The summed E-state index contributed by atoms with van der Waals surface area (Å²) in [4.78, 5) is 7.98. The molecule has 1 atom stereocenters. The fourth-order valence-electron chi connectivity index (χ4n) is 1.16. The molecule has 0 aromatic carbocycles. The number of methoxy groups -OCH3 is 1. The number of hydrogen-bond donors (Lipinski definition) is 1. The van der Waals surface area contributed by atoms with Crippen molar-refractivity contribution in [3.63, 3.8) is 0 Å². The number of anilines is 1. The number of rotatable bonds is 6. The molecule has 1 N–H and O–H groups in total. The molecule has 0 aliphatic rings. The van der Waals surface area contributed by atoms with Gasteiger partial charge < -0.3 is 14.8 Å². The van der Waals surface area contributed by atoms with E-state index in [0.717, 1.165) is 0 Å². The molecule has 0 aliphatic carbocycles. The van der Waals surface area contributed by atoms with Gasteiger partial charge in [0.2, 0.25) is 0 Å². The Morgan fingerprint density at radius 3 is 2.94 bits per heavy atom. The Morgan fingerprint density at radius 2 is 2.31 bits per heavy atom. The number of hydrogen-bond acceptors (Lipinski definition) is 5. The normalized spacial score (nSPS) is 12.2. The van der Waals surface area contributed by atoms with Crippen LogP contribution in [0.1, 0.15) is 13.8 Å². The number of aromatic nitrogens is 2. The van der Waals surface area contributed by atoms with Crippen molar-refractivity contribution in [2.75, 3.05) is 25.6 Å². The van der Waals surface area contributed by atoms with E-state index in [1.54, 1.807) is 0 Å². The summed E-state index contributed by atoms with van der Waals surface area (Å²) in [6, 6.07) is 0.288. The Kier molecular flexibility index (Phi) is 5.28. The molecule has 0 saturated heterocycles. The summed E-state index contributed by atoms with van der Waals surface area (Å²) < 4.78 is 10.3. The average molecular weight is 246 g/mol. The Balaban J connectivity index is 2.58. The first kappa shape index (κ1) is 13.0. The fraction of sp³-hybridized carbons (Fsp3) is 0.600. The molecule has 0 amide bonds. The minimum absolute atomic E-state index is 0.0991. The van der Waals surface area contributed by atoms with E-state index in [1.165, 1.54) is 13.3 Å². The summed E-state index contributed by atoms with van der Waals surface area (Å²) in [7, 11) is 1.51. The summed E-state index contributed by atoms with van der Waals surface area (Å²) in [6.07, 6.45) is 1.60. The molecule has 0 saturated carbocycles. The fourth-order valence-corrected chi connectivity index (χ4v) is 1.31. The Labute approximate surface area is 100 Å². The average Bonchev–Trinajstić information content (AvgIpc) is 2.28. The Morgan fingerprint density at radius 1 is 1.56 bits per heavy atom. The topological polar surface area (TPSA) is 56.3 Å². The van der Waals surface area contributed by atoms with Crippen LogP contribution in [0.3, 0.4) is 0 Å². The highest BCUT2D eigenvalue weighted by atomic mass is 35.5. The van der Waals surface area contributed by atoms with Crippen LogP contribution in [0.2, 0.25) is 5.02 Å². The van der Waals surface area contributed by atoms with E-state index in [-0.39, 0.29) is 12.1 Å². The molecule has 1 rings (SSSR count). The molecule has 0 radical (unpaired) electrons. The third-order valence-corrected chi connectivity index (χ3v) is 2.19. The SMILES string of the molecule is CCOC(C)CNc1nc(OC)ncc1Cl. The van der Waals surface area contributed by atoms with Crippen LogP contribution in [0.25, 0.3) is 0 Å². The maximum atomic E-state index is 5.93. The molecule has 90 valence electrons. The lowest BCUT2D eigenvalue weighted by Gasteiger charge is -2.13. The number of nitrogens with zero attached hydrogens (tertiary/aromatic N) is 2. The van der Waals surface area contributed by atoms with E-state index in [4.69, 9.17) is 21.1 Å². The standard InChI is InChI=1S/C10H16ClN3O2/c1-4-16-7(2)5-12-9-8(11)6-13-10(14-9)15-3/h6-7H,4-5H2,1-3H3,(H,12,13,14). The third-order valence-electron chi connectivity index (χ3n) is 1.91. The van der Waals surface area contributed by atoms with Gasteiger partial charge in [0.1, 0.15) is 5.02 Å². The zero-order valence-corrected chi connectivity index (χ0v) is 10.4. The van der Waals surface area contributed by atoms with E-state index in [2.05, 4.69) is 15.3 Å². The van der Waals surface area contributed by atoms with E-state index >= 15 is 0 Å². The second kappa shape index (κ2) is 6.50. The minimum atomic E-state index is 0.0991. The van der Waals surface area contributed by atoms with Crippen LogP contribution in [-0.4, -0.2) is 36.3 Å². The van der Waals surface area contributed by atoms with Gasteiger partial charge in [-0.2, -0.15) is 4.98 Å².